The Balaban J connectivity index is 1.67. The van der Waals surface area contributed by atoms with Gasteiger partial charge < -0.3 is 4.74 Å². The van der Waals surface area contributed by atoms with Gasteiger partial charge in [-0.3, -0.25) is 0 Å². The number of carbonyl (C=O) groups is 1. The van der Waals surface area contributed by atoms with E-state index in [1.165, 1.54) is 11.3 Å². The van der Waals surface area contributed by atoms with Crippen LogP contribution in [0, 0.1) is 0 Å². The predicted octanol–water partition coefficient (Wildman–Crippen LogP) is 5.83. The molecule has 4 heteroatoms. The monoisotopic (exact) mass is 371 g/mol. The summed E-state index contributed by atoms with van der Waals surface area (Å²) in [6.07, 6.45) is 0. The highest BCUT2D eigenvalue weighted by Crippen LogP contribution is 2.35. The smallest absolute Gasteiger partial charge is 0.358 e. The van der Waals surface area contributed by atoms with Gasteiger partial charge in [0.2, 0.25) is 0 Å². The molecule has 1 aromatic heterocycles. The van der Waals surface area contributed by atoms with Crippen LogP contribution in [0.3, 0.4) is 0 Å². The van der Waals surface area contributed by atoms with E-state index in [0.717, 1.165) is 26.6 Å². The molecule has 0 saturated carbocycles. The lowest BCUT2D eigenvalue weighted by molar-refractivity contribution is 0.0467. The summed E-state index contributed by atoms with van der Waals surface area (Å²) >= 11 is 1.50. The molecule has 3 nitrogen and oxygen atoms in total. The third-order valence-electron chi connectivity index (χ3n) is 4.09. The average Bonchev–Trinajstić information content (AvgIpc) is 3.20. The summed E-state index contributed by atoms with van der Waals surface area (Å²) in [5, 5.41) is 0.807. The van der Waals surface area contributed by atoms with Gasteiger partial charge in [-0.25, -0.2) is 9.78 Å². The van der Waals surface area contributed by atoms with E-state index in [2.05, 4.69) is 4.98 Å². The summed E-state index contributed by atoms with van der Waals surface area (Å²) in [4.78, 5) is 18.2. The third-order valence-corrected chi connectivity index (χ3v) is 5.24. The van der Waals surface area contributed by atoms with Gasteiger partial charge in [0, 0.05) is 5.56 Å². The van der Waals surface area contributed by atoms with Gasteiger partial charge in [0.25, 0.3) is 0 Å². The van der Waals surface area contributed by atoms with E-state index in [1.54, 1.807) is 0 Å². The number of benzene rings is 3. The van der Waals surface area contributed by atoms with E-state index in [0.29, 0.717) is 5.69 Å². The molecular formula is C23H17NO2S. The van der Waals surface area contributed by atoms with Crippen LogP contribution in [0.1, 0.15) is 16.1 Å². The molecule has 0 aliphatic rings. The van der Waals surface area contributed by atoms with Crippen molar-refractivity contribution in [2.75, 3.05) is 0 Å². The molecular weight excluding hydrogens is 354 g/mol. The van der Waals surface area contributed by atoms with Crippen LogP contribution in [0.25, 0.3) is 21.0 Å². The molecule has 0 saturated heterocycles. The Bertz CT molecular complexity index is 1030. The van der Waals surface area contributed by atoms with Crippen molar-refractivity contribution in [2.24, 2.45) is 0 Å². The standard InChI is InChI=1S/C23H17NO2S/c25-23(26-16-17-10-4-1-5-11-17)20-21(18-12-6-2-7-13-18)27-22(24-20)19-14-8-3-9-15-19/h1-15H,16H2. The van der Waals surface area contributed by atoms with E-state index in [4.69, 9.17) is 4.74 Å². The largest absolute Gasteiger partial charge is 0.456 e. The zero-order valence-corrected chi connectivity index (χ0v) is 15.4. The van der Waals surface area contributed by atoms with Crippen molar-refractivity contribution in [3.8, 4) is 21.0 Å². The van der Waals surface area contributed by atoms with Crippen molar-refractivity contribution >= 4 is 17.3 Å². The van der Waals surface area contributed by atoms with Crippen LogP contribution in [0.5, 0.6) is 0 Å². The number of hydrogen-bond donors (Lipinski definition) is 0. The lowest BCUT2D eigenvalue weighted by Crippen LogP contribution is -2.07. The summed E-state index contributed by atoms with van der Waals surface area (Å²) < 4.78 is 5.53. The van der Waals surface area contributed by atoms with Gasteiger partial charge in [-0.1, -0.05) is 91.0 Å². The SMILES string of the molecule is O=C(OCc1ccccc1)c1nc(-c2ccccc2)sc1-c1ccccc1. The number of esters is 1. The highest BCUT2D eigenvalue weighted by Gasteiger charge is 2.21. The van der Waals surface area contributed by atoms with Crippen LogP contribution in [0.4, 0.5) is 0 Å². The Hall–Kier alpha value is -3.24. The molecule has 4 rings (SSSR count). The van der Waals surface area contributed by atoms with E-state index in [9.17, 15) is 4.79 Å². The number of rotatable bonds is 5. The maximum absolute atomic E-state index is 12.8. The maximum Gasteiger partial charge on any atom is 0.358 e. The Morgan fingerprint density at radius 1 is 0.778 bits per heavy atom. The molecule has 0 aliphatic heterocycles. The van der Waals surface area contributed by atoms with E-state index in [1.807, 2.05) is 91.0 Å². The molecule has 0 aliphatic carbocycles. The van der Waals surface area contributed by atoms with Crippen LogP contribution in [-0.4, -0.2) is 11.0 Å². The first-order valence-corrected chi connectivity index (χ1v) is 9.45. The highest BCUT2D eigenvalue weighted by molar-refractivity contribution is 7.18. The van der Waals surface area contributed by atoms with Gasteiger partial charge in [0.1, 0.15) is 11.6 Å². The number of ether oxygens (including phenoxy) is 1. The van der Waals surface area contributed by atoms with Crippen molar-refractivity contribution in [1.29, 1.82) is 0 Å². The Morgan fingerprint density at radius 2 is 1.33 bits per heavy atom. The minimum Gasteiger partial charge on any atom is -0.456 e. The molecule has 132 valence electrons. The minimum absolute atomic E-state index is 0.228. The van der Waals surface area contributed by atoms with Crippen molar-refractivity contribution in [2.45, 2.75) is 6.61 Å². The number of hydrogen-bond acceptors (Lipinski definition) is 4. The first-order valence-electron chi connectivity index (χ1n) is 8.64. The fraction of sp³-hybridized carbons (Fsp3) is 0.0435. The molecule has 27 heavy (non-hydrogen) atoms. The second-order valence-corrected chi connectivity index (χ2v) is 6.99. The quantitative estimate of drug-likeness (QED) is 0.414. The summed E-state index contributed by atoms with van der Waals surface area (Å²) in [7, 11) is 0. The Labute approximate surface area is 161 Å². The molecule has 3 aromatic carbocycles. The molecule has 0 bridgehead atoms. The maximum atomic E-state index is 12.8. The van der Waals surface area contributed by atoms with Gasteiger partial charge >= 0.3 is 5.97 Å². The molecule has 0 amide bonds. The fourth-order valence-corrected chi connectivity index (χ4v) is 3.80. The molecule has 0 radical (unpaired) electrons. The third kappa shape index (κ3) is 3.96. The van der Waals surface area contributed by atoms with Crippen molar-refractivity contribution in [3.63, 3.8) is 0 Å². The minimum atomic E-state index is -0.406. The van der Waals surface area contributed by atoms with Crippen LogP contribution < -0.4 is 0 Å². The van der Waals surface area contributed by atoms with Crippen molar-refractivity contribution in [3.05, 3.63) is 102 Å². The number of nitrogens with zero attached hydrogens (tertiary/aromatic N) is 1. The number of aromatic nitrogens is 1. The Morgan fingerprint density at radius 3 is 1.96 bits per heavy atom. The lowest BCUT2D eigenvalue weighted by atomic mass is 10.1. The van der Waals surface area contributed by atoms with Crippen molar-refractivity contribution < 1.29 is 9.53 Å². The first-order chi connectivity index (χ1) is 13.3. The van der Waals surface area contributed by atoms with Crippen LogP contribution >= 0.6 is 11.3 Å². The predicted molar refractivity (Wildman–Crippen MR) is 109 cm³/mol. The molecule has 0 atom stereocenters. The Kier molecular flexibility index (Phi) is 5.08. The molecule has 0 spiro atoms. The second-order valence-electron chi connectivity index (χ2n) is 5.99. The molecule has 0 fully saturated rings. The second kappa shape index (κ2) is 7.98. The summed E-state index contributed by atoms with van der Waals surface area (Å²) in [5.41, 5.74) is 3.26. The summed E-state index contributed by atoms with van der Waals surface area (Å²) in [6.45, 7) is 0.228. The van der Waals surface area contributed by atoms with Gasteiger partial charge in [0.05, 0.1) is 4.88 Å². The van der Waals surface area contributed by atoms with E-state index >= 15 is 0 Å². The lowest BCUT2D eigenvalue weighted by Gasteiger charge is -2.05. The van der Waals surface area contributed by atoms with Gasteiger partial charge in [-0.05, 0) is 11.1 Å². The number of carbonyl (C=O) groups excluding carboxylic acids is 1. The fourth-order valence-electron chi connectivity index (χ4n) is 2.74. The molecule has 0 N–H and O–H groups in total. The van der Waals surface area contributed by atoms with E-state index in [-0.39, 0.29) is 6.61 Å². The highest BCUT2D eigenvalue weighted by atomic mass is 32.1. The van der Waals surface area contributed by atoms with Crippen LogP contribution in [-0.2, 0) is 11.3 Å². The van der Waals surface area contributed by atoms with Gasteiger partial charge in [-0.15, -0.1) is 11.3 Å². The number of thiazole rings is 1. The first kappa shape index (κ1) is 17.2. The van der Waals surface area contributed by atoms with Crippen LogP contribution in [0.2, 0.25) is 0 Å². The van der Waals surface area contributed by atoms with Gasteiger partial charge in [0.15, 0.2) is 5.69 Å². The molecule has 1 heterocycles. The topological polar surface area (TPSA) is 39.2 Å². The average molecular weight is 371 g/mol. The summed E-state index contributed by atoms with van der Waals surface area (Å²) in [5.74, 6) is -0.406. The molecule has 4 aromatic rings. The zero-order chi connectivity index (χ0) is 18.5. The van der Waals surface area contributed by atoms with Crippen molar-refractivity contribution in [1.82, 2.24) is 4.98 Å². The summed E-state index contributed by atoms with van der Waals surface area (Å²) in [6, 6.07) is 29.4. The van der Waals surface area contributed by atoms with Crippen LogP contribution in [0.15, 0.2) is 91.0 Å². The van der Waals surface area contributed by atoms with Gasteiger partial charge in [-0.2, -0.15) is 0 Å². The van der Waals surface area contributed by atoms with E-state index < -0.39 is 5.97 Å². The normalized spacial score (nSPS) is 10.5. The zero-order valence-electron chi connectivity index (χ0n) is 14.5. The molecule has 0 unspecified atom stereocenters.